The minimum atomic E-state index is -3.59. The molecule has 8 nitrogen and oxygen atoms in total. The standard InChI is InChI=1S/C16H21N3O5S2/c1-11(15(20)18(2)3)25-16-17-13-10-12(4-5-14(13)24-16)26(21,22)19-6-8-23-9-7-19/h4-5,10-11H,6-9H2,1-3H3/t11-/m1/s1. The van der Waals surface area contributed by atoms with E-state index in [1.807, 2.05) is 0 Å². The molecular formula is C16H21N3O5S2. The SMILES string of the molecule is C[C@@H](Sc1nc2cc(S(=O)(=O)N3CCOCC3)ccc2o1)C(=O)N(C)C. The summed E-state index contributed by atoms with van der Waals surface area (Å²) < 4.78 is 37.7. The molecule has 26 heavy (non-hydrogen) atoms. The average Bonchev–Trinajstić information content (AvgIpc) is 3.02. The van der Waals surface area contributed by atoms with E-state index in [-0.39, 0.29) is 16.1 Å². The lowest BCUT2D eigenvalue weighted by molar-refractivity contribution is -0.127. The van der Waals surface area contributed by atoms with E-state index in [9.17, 15) is 13.2 Å². The van der Waals surface area contributed by atoms with Gasteiger partial charge < -0.3 is 14.1 Å². The summed E-state index contributed by atoms with van der Waals surface area (Å²) in [7, 11) is -0.210. The number of hydrogen-bond acceptors (Lipinski definition) is 7. The highest BCUT2D eigenvalue weighted by atomic mass is 32.2. The molecule has 1 aromatic carbocycles. The first-order valence-electron chi connectivity index (χ1n) is 8.15. The second-order valence-electron chi connectivity index (χ2n) is 6.12. The third kappa shape index (κ3) is 3.88. The zero-order valence-electron chi connectivity index (χ0n) is 14.8. The van der Waals surface area contributed by atoms with Crippen molar-refractivity contribution in [3.8, 4) is 0 Å². The Labute approximate surface area is 156 Å². The van der Waals surface area contributed by atoms with Crippen LogP contribution in [0.15, 0.2) is 32.7 Å². The van der Waals surface area contributed by atoms with Crippen LogP contribution in [0, 0.1) is 0 Å². The molecule has 1 amide bonds. The Kier molecular flexibility index (Phi) is 5.56. The summed E-state index contributed by atoms with van der Waals surface area (Å²) in [6.45, 7) is 3.24. The van der Waals surface area contributed by atoms with Gasteiger partial charge in [-0.15, -0.1) is 0 Å². The van der Waals surface area contributed by atoms with Gasteiger partial charge in [-0.2, -0.15) is 4.31 Å². The first kappa shape index (κ1) is 19.2. The quantitative estimate of drug-likeness (QED) is 0.702. The average molecular weight is 399 g/mol. The lowest BCUT2D eigenvalue weighted by Crippen LogP contribution is -2.40. The van der Waals surface area contributed by atoms with E-state index in [0.717, 1.165) is 0 Å². The minimum absolute atomic E-state index is 0.0483. The molecule has 142 valence electrons. The van der Waals surface area contributed by atoms with Crippen LogP contribution in [0.4, 0.5) is 0 Å². The molecule has 1 atom stereocenters. The van der Waals surface area contributed by atoms with Crippen molar-refractivity contribution in [2.75, 3.05) is 40.4 Å². The van der Waals surface area contributed by atoms with Crippen LogP contribution in [-0.2, 0) is 19.6 Å². The number of sulfonamides is 1. The molecule has 1 aliphatic rings. The molecule has 10 heteroatoms. The molecule has 0 aliphatic carbocycles. The Morgan fingerprint density at radius 3 is 2.65 bits per heavy atom. The maximum Gasteiger partial charge on any atom is 0.257 e. The lowest BCUT2D eigenvalue weighted by Gasteiger charge is -2.25. The van der Waals surface area contributed by atoms with Crippen LogP contribution in [0.2, 0.25) is 0 Å². The van der Waals surface area contributed by atoms with Crippen LogP contribution in [0.25, 0.3) is 11.1 Å². The van der Waals surface area contributed by atoms with Gasteiger partial charge in [0.2, 0.25) is 15.9 Å². The number of ether oxygens (including phenoxy) is 1. The van der Waals surface area contributed by atoms with Crippen molar-refractivity contribution in [1.29, 1.82) is 0 Å². The number of nitrogens with zero attached hydrogens (tertiary/aromatic N) is 3. The third-order valence-electron chi connectivity index (χ3n) is 4.01. The van der Waals surface area contributed by atoms with E-state index in [2.05, 4.69) is 4.98 Å². The summed E-state index contributed by atoms with van der Waals surface area (Å²) in [6.07, 6.45) is 0. The fourth-order valence-electron chi connectivity index (χ4n) is 2.60. The molecule has 1 fully saturated rings. The molecule has 0 radical (unpaired) electrons. The number of oxazole rings is 1. The normalized spacial score (nSPS) is 17.3. The number of carbonyl (C=O) groups is 1. The monoisotopic (exact) mass is 399 g/mol. The number of aromatic nitrogens is 1. The van der Waals surface area contributed by atoms with Crippen LogP contribution in [0.5, 0.6) is 0 Å². The van der Waals surface area contributed by atoms with Gasteiger partial charge in [-0.3, -0.25) is 4.79 Å². The lowest BCUT2D eigenvalue weighted by atomic mass is 10.3. The van der Waals surface area contributed by atoms with E-state index in [0.29, 0.717) is 42.6 Å². The molecule has 0 saturated carbocycles. The van der Waals surface area contributed by atoms with Gasteiger partial charge in [-0.25, -0.2) is 13.4 Å². The van der Waals surface area contributed by atoms with Crippen LogP contribution in [0.1, 0.15) is 6.92 Å². The molecule has 1 saturated heterocycles. The molecular weight excluding hydrogens is 378 g/mol. The van der Waals surface area contributed by atoms with Gasteiger partial charge in [0.25, 0.3) is 5.22 Å². The summed E-state index contributed by atoms with van der Waals surface area (Å²) in [6, 6.07) is 4.62. The number of carbonyl (C=O) groups excluding carboxylic acids is 1. The van der Waals surface area contributed by atoms with Gasteiger partial charge in [0.15, 0.2) is 5.58 Å². The van der Waals surface area contributed by atoms with Gasteiger partial charge in [0, 0.05) is 27.2 Å². The maximum absolute atomic E-state index is 12.7. The Balaban J connectivity index is 1.84. The van der Waals surface area contributed by atoms with Crippen LogP contribution < -0.4 is 0 Å². The number of thioether (sulfide) groups is 1. The molecule has 2 aromatic rings. The molecule has 1 aliphatic heterocycles. The molecule has 3 rings (SSSR count). The predicted molar refractivity (Wildman–Crippen MR) is 97.6 cm³/mol. The zero-order chi connectivity index (χ0) is 18.9. The summed E-state index contributed by atoms with van der Waals surface area (Å²) in [4.78, 5) is 18.0. The Morgan fingerprint density at radius 2 is 2.00 bits per heavy atom. The van der Waals surface area contributed by atoms with E-state index in [1.54, 1.807) is 27.1 Å². The summed E-state index contributed by atoms with van der Waals surface area (Å²) >= 11 is 1.20. The number of hydrogen-bond donors (Lipinski definition) is 0. The van der Waals surface area contributed by atoms with Gasteiger partial charge in [0.1, 0.15) is 5.52 Å². The molecule has 0 spiro atoms. The van der Waals surface area contributed by atoms with Crippen LogP contribution in [0.3, 0.4) is 0 Å². The zero-order valence-corrected chi connectivity index (χ0v) is 16.5. The fraction of sp³-hybridized carbons (Fsp3) is 0.500. The van der Waals surface area contributed by atoms with Crippen LogP contribution in [-0.4, -0.2) is 74.2 Å². The van der Waals surface area contributed by atoms with Crippen molar-refractivity contribution in [1.82, 2.24) is 14.2 Å². The number of benzene rings is 1. The highest BCUT2D eigenvalue weighted by Gasteiger charge is 2.27. The second kappa shape index (κ2) is 7.55. The predicted octanol–water partition coefficient (Wildman–Crippen LogP) is 1.42. The Hall–Kier alpha value is -1.62. The fourth-order valence-corrected chi connectivity index (χ4v) is 4.93. The largest absolute Gasteiger partial charge is 0.431 e. The maximum atomic E-state index is 12.7. The van der Waals surface area contributed by atoms with E-state index < -0.39 is 10.0 Å². The molecule has 0 N–H and O–H groups in total. The smallest absolute Gasteiger partial charge is 0.257 e. The van der Waals surface area contributed by atoms with Gasteiger partial charge in [-0.1, -0.05) is 11.8 Å². The molecule has 0 bridgehead atoms. The Bertz CT molecular complexity index is 904. The first-order valence-corrected chi connectivity index (χ1v) is 10.5. The second-order valence-corrected chi connectivity index (χ2v) is 9.35. The summed E-state index contributed by atoms with van der Waals surface area (Å²) in [5.41, 5.74) is 0.935. The highest BCUT2D eigenvalue weighted by molar-refractivity contribution is 8.00. The number of morpholine rings is 1. The molecule has 0 unspecified atom stereocenters. The Morgan fingerprint density at radius 1 is 1.31 bits per heavy atom. The van der Waals surface area contributed by atoms with Crippen molar-refractivity contribution in [3.63, 3.8) is 0 Å². The van der Waals surface area contributed by atoms with Crippen molar-refractivity contribution < 1.29 is 22.4 Å². The summed E-state index contributed by atoms with van der Waals surface area (Å²) in [5, 5.41) is -0.0155. The van der Waals surface area contributed by atoms with Gasteiger partial charge >= 0.3 is 0 Å². The molecule has 1 aromatic heterocycles. The van der Waals surface area contributed by atoms with Crippen molar-refractivity contribution in [2.24, 2.45) is 0 Å². The topological polar surface area (TPSA) is 93.0 Å². The van der Waals surface area contributed by atoms with E-state index in [1.165, 1.54) is 33.1 Å². The first-order chi connectivity index (χ1) is 12.3. The van der Waals surface area contributed by atoms with E-state index >= 15 is 0 Å². The minimum Gasteiger partial charge on any atom is -0.431 e. The summed E-state index contributed by atoms with van der Waals surface area (Å²) in [5.74, 6) is -0.0483. The van der Waals surface area contributed by atoms with Crippen molar-refractivity contribution in [2.45, 2.75) is 22.3 Å². The number of amides is 1. The van der Waals surface area contributed by atoms with Gasteiger partial charge in [0.05, 0.1) is 23.4 Å². The highest BCUT2D eigenvalue weighted by Crippen LogP contribution is 2.29. The third-order valence-corrected chi connectivity index (χ3v) is 6.84. The van der Waals surface area contributed by atoms with Gasteiger partial charge in [-0.05, 0) is 25.1 Å². The van der Waals surface area contributed by atoms with Crippen LogP contribution >= 0.6 is 11.8 Å². The van der Waals surface area contributed by atoms with Crippen molar-refractivity contribution >= 4 is 38.8 Å². The number of rotatable bonds is 5. The van der Waals surface area contributed by atoms with Crippen molar-refractivity contribution in [3.05, 3.63) is 18.2 Å². The number of fused-ring (bicyclic) bond motifs is 1. The van der Waals surface area contributed by atoms with E-state index in [4.69, 9.17) is 9.15 Å². The molecule has 2 heterocycles.